The van der Waals surface area contributed by atoms with Crippen molar-refractivity contribution >= 4 is 17.9 Å². The van der Waals surface area contributed by atoms with E-state index in [0.717, 1.165) is 69.6 Å². The number of hydrogen-bond donors (Lipinski definition) is 0. The second kappa shape index (κ2) is 49.8. The molecule has 374 valence electrons. The van der Waals surface area contributed by atoms with Crippen molar-refractivity contribution in [3.05, 3.63) is 0 Å². The molecule has 0 aromatic heterocycles. The maximum atomic E-state index is 12.8. The Morgan fingerprint density at radius 3 is 0.778 bits per heavy atom. The van der Waals surface area contributed by atoms with E-state index in [9.17, 15) is 14.4 Å². The fraction of sp³-hybridized carbons (Fsp3) is 0.947. The van der Waals surface area contributed by atoms with Gasteiger partial charge in [0.1, 0.15) is 13.2 Å². The van der Waals surface area contributed by atoms with Crippen LogP contribution in [0.2, 0.25) is 0 Å². The van der Waals surface area contributed by atoms with Crippen LogP contribution in [0, 0.1) is 11.8 Å². The molecule has 0 bridgehead atoms. The molecule has 63 heavy (non-hydrogen) atoms. The molecule has 0 aliphatic heterocycles. The van der Waals surface area contributed by atoms with Gasteiger partial charge in [-0.15, -0.1) is 0 Å². The number of rotatable bonds is 51. The normalized spacial score (nSPS) is 12.0. The Labute approximate surface area is 393 Å². The van der Waals surface area contributed by atoms with Crippen molar-refractivity contribution in [1.29, 1.82) is 0 Å². The molecular weight excluding hydrogens is 781 g/mol. The van der Waals surface area contributed by atoms with Crippen LogP contribution >= 0.6 is 0 Å². The minimum absolute atomic E-state index is 0.0638. The van der Waals surface area contributed by atoms with Gasteiger partial charge in [0.05, 0.1) is 0 Å². The summed E-state index contributed by atoms with van der Waals surface area (Å²) in [6.45, 7) is 11.3. The summed E-state index contributed by atoms with van der Waals surface area (Å²) in [5, 5.41) is 0. The Morgan fingerprint density at radius 1 is 0.302 bits per heavy atom. The van der Waals surface area contributed by atoms with Crippen molar-refractivity contribution < 1.29 is 28.6 Å². The van der Waals surface area contributed by atoms with Crippen molar-refractivity contribution in [2.45, 2.75) is 323 Å². The molecule has 0 spiro atoms. The van der Waals surface area contributed by atoms with Gasteiger partial charge in [-0.1, -0.05) is 279 Å². The highest BCUT2D eigenvalue weighted by atomic mass is 16.6. The zero-order chi connectivity index (χ0) is 46.1. The number of esters is 3. The molecular formula is C57H110O6. The van der Waals surface area contributed by atoms with Crippen LogP contribution in [0.3, 0.4) is 0 Å². The van der Waals surface area contributed by atoms with Crippen LogP contribution in [0.25, 0.3) is 0 Å². The molecule has 0 aliphatic rings. The third kappa shape index (κ3) is 51.3. The predicted molar refractivity (Wildman–Crippen MR) is 270 cm³/mol. The van der Waals surface area contributed by atoms with Gasteiger partial charge in [0.25, 0.3) is 0 Å². The van der Waals surface area contributed by atoms with Crippen molar-refractivity contribution in [1.82, 2.24) is 0 Å². The molecule has 6 nitrogen and oxygen atoms in total. The summed E-state index contributed by atoms with van der Waals surface area (Å²) in [6.07, 6.45) is 52.6. The fourth-order valence-corrected chi connectivity index (χ4v) is 8.70. The largest absolute Gasteiger partial charge is 0.462 e. The van der Waals surface area contributed by atoms with E-state index in [1.807, 2.05) is 0 Å². The Hall–Kier alpha value is -1.59. The molecule has 0 aromatic carbocycles. The third-order valence-corrected chi connectivity index (χ3v) is 13.0. The number of ether oxygens (including phenoxy) is 3. The summed E-state index contributed by atoms with van der Waals surface area (Å²) in [5.41, 5.74) is 0. The van der Waals surface area contributed by atoms with E-state index in [1.165, 1.54) is 205 Å². The summed E-state index contributed by atoms with van der Waals surface area (Å²) in [6, 6.07) is 0. The summed E-state index contributed by atoms with van der Waals surface area (Å²) in [5.74, 6) is 0.765. The molecule has 0 aromatic rings. The zero-order valence-electron chi connectivity index (χ0n) is 43.2. The topological polar surface area (TPSA) is 78.9 Å². The Bertz CT molecular complexity index is 962. The Kier molecular flexibility index (Phi) is 48.6. The molecule has 0 unspecified atom stereocenters. The molecule has 1 atom stereocenters. The van der Waals surface area contributed by atoms with Crippen molar-refractivity contribution in [3.63, 3.8) is 0 Å². The van der Waals surface area contributed by atoms with E-state index in [2.05, 4.69) is 34.6 Å². The van der Waals surface area contributed by atoms with E-state index >= 15 is 0 Å². The average molecular weight is 892 g/mol. The van der Waals surface area contributed by atoms with Crippen LogP contribution < -0.4 is 0 Å². The number of hydrogen-bond acceptors (Lipinski definition) is 6. The van der Waals surface area contributed by atoms with Crippen molar-refractivity contribution in [2.75, 3.05) is 13.2 Å². The van der Waals surface area contributed by atoms with E-state index in [4.69, 9.17) is 14.2 Å². The van der Waals surface area contributed by atoms with Gasteiger partial charge in [-0.3, -0.25) is 14.4 Å². The van der Waals surface area contributed by atoms with Crippen LogP contribution in [0.4, 0.5) is 0 Å². The van der Waals surface area contributed by atoms with E-state index in [-0.39, 0.29) is 31.1 Å². The molecule has 0 radical (unpaired) electrons. The number of unbranched alkanes of at least 4 members (excludes halogenated alkanes) is 36. The van der Waals surface area contributed by atoms with Crippen LogP contribution in [0.1, 0.15) is 317 Å². The van der Waals surface area contributed by atoms with Gasteiger partial charge < -0.3 is 14.2 Å². The standard InChI is InChI=1S/C57H110O6/c1-6-7-8-9-10-11-12-13-14-15-16-19-23-26-29-32-39-44-49-57(60)63-54(51-62-56(59)48-43-38-34-33-36-41-46-53(4)5)50-61-55(58)47-42-37-31-28-25-22-20-17-18-21-24-27-30-35-40-45-52(2)3/h52-54H,6-51H2,1-5H3/t54-/m0/s1. The smallest absolute Gasteiger partial charge is 0.306 e. The van der Waals surface area contributed by atoms with Gasteiger partial charge in [-0.25, -0.2) is 0 Å². The lowest BCUT2D eigenvalue weighted by atomic mass is 10.0. The highest BCUT2D eigenvalue weighted by Gasteiger charge is 2.19. The molecule has 0 rings (SSSR count). The minimum Gasteiger partial charge on any atom is -0.462 e. The molecule has 0 heterocycles. The van der Waals surface area contributed by atoms with E-state index < -0.39 is 6.10 Å². The van der Waals surface area contributed by atoms with Gasteiger partial charge in [0.15, 0.2) is 6.10 Å². The lowest BCUT2D eigenvalue weighted by molar-refractivity contribution is -0.167. The lowest BCUT2D eigenvalue weighted by Crippen LogP contribution is -2.30. The molecule has 0 saturated carbocycles. The fourth-order valence-electron chi connectivity index (χ4n) is 8.70. The van der Waals surface area contributed by atoms with Gasteiger partial charge in [0.2, 0.25) is 0 Å². The van der Waals surface area contributed by atoms with E-state index in [0.29, 0.717) is 19.3 Å². The van der Waals surface area contributed by atoms with Crippen molar-refractivity contribution in [2.24, 2.45) is 11.8 Å². The first-order valence-corrected chi connectivity index (χ1v) is 28.2. The van der Waals surface area contributed by atoms with Crippen LogP contribution in [0.15, 0.2) is 0 Å². The van der Waals surface area contributed by atoms with Crippen LogP contribution in [-0.4, -0.2) is 37.2 Å². The summed E-state index contributed by atoms with van der Waals surface area (Å²) in [4.78, 5) is 38.0. The van der Waals surface area contributed by atoms with Gasteiger partial charge in [0, 0.05) is 19.3 Å². The molecule has 6 heteroatoms. The van der Waals surface area contributed by atoms with E-state index in [1.54, 1.807) is 0 Å². The number of carbonyl (C=O) groups excluding carboxylic acids is 3. The maximum absolute atomic E-state index is 12.8. The highest BCUT2D eigenvalue weighted by Crippen LogP contribution is 2.18. The summed E-state index contributed by atoms with van der Waals surface area (Å²) >= 11 is 0. The second-order valence-corrected chi connectivity index (χ2v) is 20.5. The SMILES string of the molecule is CCCCCCCCCCCCCCCCCCCCC(=O)O[C@@H](COC(=O)CCCCCCCCCCCCCCCCCC(C)C)COC(=O)CCCCCCCCC(C)C. The first kappa shape index (κ1) is 61.4. The van der Waals surface area contributed by atoms with Gasteiger partial charge in [-0.05, 0) is 31.1 Å². The van der Waals surface area contributed by atoms with Crippen molar-refractivity contribution in [3.8, 4) is 0 Å². The highest BCUT2D eigenvalue weighted by molar-refractivity contribution is 5.71. The zero-order valence-corrected chi connectivity index (χ0v) is 43.2. The van der Waals surface area contributed by atoms with Crippen LogP contribution in [0.5, 0.6) is 0 Å². The average Bonchev–Trinajstić information content (AvgIpc) is 3.25. The van der Waals surface area contributed by atoms with Crippen LogP contribution in [-0.2, 0) is 28.6 Å². The third-order valence-electron chi connectivity index (χ3n) is 13.0. The first-order chi connectivity index (χ1) is 30.7. The molecule has 0 fully saturated rings. The Balaban J connectivity index is 4.22. The van der Waals surface area contributed by atoms with Gasteiger partial charge >= 0.3 is 17.9 Å². The first-order valence-electron chi connectivity index (χ1n) is 28.2. The lowest BCUT2D eigenvalue weighted by Gasteiger charge is -2.18. The predicted octanol–water partition coefficient (Wildman–Crippen LogP) is 18.5. The Morgan fingerprint density at radius 2 is 0.524 bits per heavy atom. The minimum atomic E-state index is -0.763. The molecule has 0 saturated heterocycles. The van der Waals surface area contributed by atoms with Gasteiger partial charge in [-0.2, -0.15) is 0 Å². The summed E-state index contributed by atoms with van der Waals surface area (Å²) < 4.78 is 16.8. The molecule has 0 aliphatic carbocycles. The monoisotopic (exact) mass is 891 g/mol. The summed E-state index contributed by atoms with van der Waals surface area (Å²) in [7, 11) is 0. The molecule has 0 N–H and O–H groups in total. The quantitative estimate of drug-likeness (QED) is 0.0344. The molecule has 0 amide bonds. The second-order valence-electron chi connectivity index (χ2n) is 20.5. The maximum Gasteiger partial charge on any atom is 0.306 e. The number of carbonyl (C=O) groups is 3.